The third-order valence-corrected chi connectivity index (χ3v) is 8.75. The summed E-state index contributed by atoms with van der Waals surface area (Å²) < 4.78 is 6.25. The monoisotopic (exact) mass is 555 g/mol. The van der Waals surface area contributed by atoms with E-state index in [-0.39, 0.29) is 6.42 Å². The lowest BCUT2D eigenvalue weighted by Crippen LogP contribution is -2.55. The van der Waals surface area contributed by atoms with Gasteiger partial charge in [-0.05, 0) is 50.4 Å². The van der Waals surface area contributed by atoms with Gasteiger partial charge in [0.1, 0.15) is 5.82 Å². The number of hydrogen-bond donors (Lipinski definition) is 1. The molecule has 2 fully saturated rings. The van der Waals surface area contributed by atoms with Crippen LogP contribution in [0.1, 0.15) is 29.7 Å². The number of nitriles is 1. The number of aromatic nitrogens is 2. The Morgan fingerprint density at radius 1 is 1.10 bits per heavy atom. The summed E-state index contributed by atoms with van der Waals surface area (Å²) in [5, 5.41) is 21.6. The van der Waals surface area contributed by atoms with E-state index in [1.54, 1.807) is 0 Å². The molecule has 1 amide bonds. The number of likely N-dealkylation sites (tertiary alicyclic amines) is 1. The SMILES string of the molecule is Cc1cccc2cccc(N3CCc4c(nc(OC[C@@H]5CCN(C)C5)nc4N4CCN(C(=O)O)[C@@H](CC#N)C4)C3)c12. The van der Waals surface area contributed by atoms with E-state index >= 15 is 0 Å². The van der Waals surface area contributed by atoms with E-state index in [2.05, 4.69) is 71.1 Å². The maximum atomic E-state index is 11.8. The number of nitrogens with zero attached hydrogens (tertiary/aromatic N) is 7. The Bertz CT molecular complexity index is 1480. The smallest absolute Gasteiger partial charge is 0.407 e. The average Bonchev–Trinajstić information content (AvgIpc) is 3.40. The van der Waals surface area contributed by atoms with Crippen LogP contribution in [0.5, 0.6) is 6.01 Å². The van der Waals surface area contributed by atoms with Crippen LogP contribution in [0.3, 0.4) is 0 Å². The second-order valence-corrected chi connectivity index (χ2v) is 11.5. The molecular formula is C31H37N7O3. The van der Waals surface area contributed by atoms with Crippen molar-refractivity contribution in [2.45, 2.75) is 38.8 Å². The molecule has 3 aliphatic rings. The second kappa shape index (κ2) is 11.4. The Morgan fingerprint density at radius 2 is 1.93 bits per heavy atom. The summed E-state index contributed by atoms with van der Waals surface area (Å²) in [6.45, 7) is 7.51. The molecule has 0 unspecified atom stereocenters. The Morgan fingerprint density at radius 3 is 2.68 bits per heavy atom. The molecule has 1 N–H and O–H groups in total. The quantitative estimate of drug-likeness (QED) is 0.484. The fraction of sp³-hybridized carbons (Fsp3) is 0.484. The van der Waals surface area contributed by atoms with Gasteiger partial charge in [-0.15, -0.1) is 0 Å². The van der Waals surface area contributed by atoms with Crippen LogP contribution in [0.25, 0.3) is 10.8 Å². The third-order valence-electron chi connectivity index (χ3n) is 8.75. The molecule has 2 aromatic carbocycles. The van der Waals surface area contributed by atoms with Gasteiger partial charge < -0.3 is 29.4 Å². The summed E-state index contributed by atoms with van der Waals surface area (Å²) in [5.74, 6) is 1.26. The fourth-order valence-electron chi connectivity index (χ4n) is 6.62. The van der Waals surface area contributed by atoms with E-state index in [4.69, 9.17) is 14.7 Å². The average molecular weight is 556 g/mol. The normalized spacial score (nSPS) is 21.1. The van der Waals surface area contributed by atoms with Gasteiger partial charge in [0.2, 0.25) is 0 Å². The van der Waals surface area contributed by atoms with Gasteiger partial charge in [-0.1, -0.05) is 30.3 Å². The van der Waals surface area contributed by atoms with E-state index in [0.29, 0.717) is 44.7 Å². The molecule has 10 nitrogen and oxygen atoms in total. The molecule has 6 rings (SSSR count). The van der Waals surface area contributed by atoms with Gasteiger partial charge in [0.05, 0.1) is 37.4 Å². The number of benzene rings is 2. The van der Waals surface area contributed by atoms with Gasteiger partial charge in [-0.3, -0.25) is 0 Å². The predicted octanol–water partition coefficient (Wildman–Crippen LogP) is 3.91. The molecule has 0 bridgehead atoms. The first-order chi connectivity index (χ1) is 19.9. The molecule has 0 radical (unpaired) electrons. The van der Waals surface area contributed by atoms with Crippen molar-refractivity contribution < 1.29 is 14.6 Å². The number of rotatable bonds is 6. The highest BCUT2D eigenvalue weighted by atomic mass is 16.5. The number of anilines is 2. The van der Waals surface area contributed by atoms with Crippen molar-refractivity contribution in [2.75, 3.05) is 62.7 Å². The Labute approximate surface area is 240 Å². The van der Waals surface area contributed by atoms with Gasteiger partial charge in [0.15, 0.2) is 0 Å². The minimum Gasteiger partial charge on any atom is -0.465 e. The van der Waals surface area contributed by atoms with Crippen LogP contribution in [0.15, 0.2) is 36.4 Å². The lowest BCUT2D eigenvalue weighted by molar-refractivity contribution is 0.119. The molecule has 1 aromatic heterocycles. The summed E-state index contributed by atoms with van der Waals surface area (Å²) >= 11 is 0. The maximum absolute atomic E-state index is 11.8. The number of hydrogen-bond acceptors (Lipinski definition) is 8. The summed E-state index contributed by atoms with van der Waals surface area (Å²) in [5.41, 5.74) is 4.48. The van der Waals surface area contributed by atoms with E-state index in [9.17, 15) is 15.2 Å². The zero-order chi connectivity index (χ0) is 28.5. The fourth-order valence-corrected chi connectivity index (χ4v) is 6.62. The maximum Gasteiger partial charge on any atom is 0.407 e. The molecule has 0 saturated carbocycles. The predicted molar refractivity (Wildman–Crippen MR) is 158 cm³/mol. The number of fused-ring (bicyclic) bond motifs is 2. The van der Waals surface area contributed by atoms with E-state index in [0.717, 1.165) is 49.6 Å². The molecule has 0 aliphatic carbocycles. The minimum absolute atomic E-state index is 0.142. The van der Waals surface area contributed by atoms with Crippen LogP contribution in [-0.4, -0.2) is 89.9 Å². The first-order valence-corrected chi connectivity index (χ1v) is 14.5. The van der Waals surface area contributed by atoms with E-state index < -0.39 is 12.1 Å². The third kappa shape index (κ3) is 5.46. The first kappa shape index (κ1) is 27.1. The Hall–Kier alpha value is -4.10. The Kier molecular flexibility index (Phi) is 7.54. The Balaban J connectivity index is 1.33. The minimum atomic E-state index is -0.985. The highest BCUT2D eigenvalue weighted by Gasteiger charge is 2.34. The zero-order valence-corrected chi connectivity index (χ0v) is 23.8. The van der Waals surface area contributed by atoms with Crippen molar-refractivity contribution in [1.29, 1.82) is 5.26 Å². The van der Waals surface area contributed by atoms with Crippen LogP contribution >= 0.6 is 0 Å². The lowest BCUT2D eigenvalue weighted by Gasteiger charge is -2.41. The van der Waals surface area contributed by atoms with Crippen LogP contribution < -0.4 is 14.5 Å². The van der Waals surface area contributed by atoms with E-state index in [1.807, 2.05) is 0 Å². The molecule has 214 valence electrons. The second-order valence-electron chi connectivity index (χ2n) is 11.5. The highest BCUT2D eigenvalue weighted by molar-refractivity contribution is 5.97. The summed E-state index contributed by atoms with van der Waals surface area (Å²) in [6, 6.07) is 15.0. The lowest BCUT2D eigenvalue weighted by atomic mass is 9.99. The molecule has 2 atom stereocenters. The topological polar surface area (TPSA) is 109 Å². The number of carboxylic acid groups (broad SMARTS) is 1. The summed E-state index contributed by atoms with van der Waals surface area (Å²) in [7, 11) is 2.13. The molecule has 3 aliphatic heterocycles. The van der Waals surface area contributed by atoms with Crippen LogP contribution in [0, 0.1) is 24.2 Å². The molecule has 10 heteroatoms. The van der Waals surface area contributed by atoms with Crippen LogP contribution in [0.4, 0.5) is 16.3 Å². The number of amides is 1. The molecule has 3 aromatic rings. The first-order valence-electron chi connectivity index (χ1n) is 14.5. The molecule has 2 saturated heterocycles. The van der Waals surface area contributed by atoms with Crippen molar-refractivity contribution in [3.8, 4) is 12.1 Å². The van der Waals surface area contributed by atoms with Gasteiger partial charge in [-0.25, -0.2) is 4.79 Å². The standard InChI is InChI=1S/C31H37N7O3/c1-21-5-3-6-23-7-4-8-27(28(21)23)36-14-11-25-26(19-36)33-30(41-20-22-10-13-35(2)17-22)34-29(25)37-15-16-38(31(39)40)24(18-37)9-12-32/h3-8,22,24H,9-11,13-20H2,1-2H3,(H,39,40)/t22-,24+/m1/s1. The largest absolute Gasteiger partial charge is 0.465 e. The van der Waals surface area contributed by atoms with Crippen molar-refractivity contribution >= 4 is 28.4 Å². The van der Waals surface area contributed by atoms with E-state index in [1.165, 1.54) is 26.9 Å². The summed E-state index contributed by atoms with van der Waals surface area (Å²) in [6.07, 6.45) is 1.02. The molecule has 4 heterocycles. The molecule has 0 spiro atoms. The highest BCUT2D eigenvalue weighted by Crippen LogP contribution is 2.36. The van der Waals surface area contributed by atoms with Crippen molar-refractivity contribution in [1.82, 2.24) is 19.8 Å². The van der Waals surface area contributed by atoms with Gasteiger partial charge in [0.25, 0.3) is 0 Å². The number of carbonyl (C=O) groups is 1. The van der Waals surface area contributed by atoms with Crippen LogP contribution in [-0.2, 0) is 13.0 Å². The van der Waals surface area contributed by atoms with Gasteiger partial charge >= 0.3 is 12.1 Å². The van der Waals surface area contributed by atoms with Gasteiger partial charge in [-0.2, -0.15) is 15.2 Å². The van der Waals surface area contributed by atoms with Crippen LogP contribution in [0.2, 0.25) is 0 Å². The molecular weight excluding hydrogens is 518 g/mol. The van der Waals surface area contributed by atoms with Crippen molar-refractivity contribution in [3.05, 3.63) is 53.2 Å². The van der Waals surface area contributed by atoms with Crippen molar-refractivity contribution in [3.63, 3.8) is 0 Å². The van der Waals surface area contributed by atoms with Crippen molar-refractivity contribution in [2.24, 2.45) is 5.92 Å². The number of aryl methyl sites for hydroxylation is 1. The zero-order valence-electron chi connectivity index (χ0n) is 23.8. The number of ether oxygens (including phenoxy) is 1. The number of piperazine rings is 1. The molecule has 41 heavy (non-hydrogen) atoms. The summed E-state index contributed by atoms with van der Waals surface area (Å²) in [4.78, 5) is 29.9. The van der Waals surface area contributed by atoms with Gasteiger partial charge in [0, 0.05) is 55.3 Å².